The number of nitrogens with one attached hydrogen (secondary N) is 1. The van der Waals surface area contributed by atoms with Crippen LogP contribution in [0.2, 0.25) is 5.02 Å². The molecule has 2 aromatic rings. The molecule has 20 heavy (non-hydrogen) atoms. The Bertz CT molecular complexity index is 732. The zero-order valence-corrected chi connectivity index (χ0v) is 12.3. The van der Waals surface area contributed by atoms with Crippen LogP contribution < -0.4 is 4.72 Å². The fraction of sp³-hybridized carbons (Fsp3) is 0.143. The molecule has 3 nitrogen and oxygen atoms in total. The topological polar surface area (TPSA) is 46.2 Å². The predicted molar refractivity (Wildman–Crippen MR) is 76.6 cm³/mol. The summed E-state index contributed by atoms with van der Waals surface area (Å²) in [6, 6.07) is 10.8. The third-order valence-electron chi connectivity index (χ3n) is 2.92. The summed E-state index contributed by atoms with van der Waals surface area (Å²) in [5.74, 6) is -0.649. The summed E-state index contributed by atoms with van der Waals surface area (Å²) in [7, 11) is -3.72. The zero-order chi connectivity index (χ0) is 14.8. The molecule has 0 atom stereocenters. The Hall–Kier alpha value is -1.43. The van der Waals surface area contributed by atoms with Crippen molar-refractivity contribution in [3.05, 3.63) is 64.4 Å². The first-order chi connectivity index (χ1) is 9.40. The van der Waals surface area contributed by atoms with Crippen molar-refractivity contribution in [1.82, 2.24) is 4.72 Å². The lowest BCUT2D eigenvalue weighted by molar-refractivity contribution is 0.580. The van der Waals surface area contributed by atoms with E-state index in [0.717, 1.165) is 23.3 Å². The molecule has 0 aliphatic rings. The molecule has 0 fully saturated rings. The van der Waals surface area contributed by atoms with Gasteiger partial charge in [-0.2, -0.15) is 0 Å². The maximum absolute atomic E-state index is 13.0. The largest absolute Gasteiger partial charge is 0.240 e. The second kappa shape index (κ2) is 5.91. The molecule has 0 bridgehead atoms. The highest BCUT2D eigenvalue weighted by atomic mass is 35.5. The van der Waals surface area contributed by atoms with Gasteiger partial charge in [-0.15, -0.1) is 0 Å². The molecule has 0 heterocycles. The summed E-state index contributed by atoms with van der Waals surface area (Å²) in [5, 5.41) is -0.219. The fourth-order valence-corrected chi connectivity index (χ4v) is 2.99. The van der Waals surface area contributed by atoms with Gasteiger partial charge in [0, 0.05) is 6.54 Å². The zero-order valence-electron chi connectivity index (χ0n) is 10.7. The number of hydrogen-bond acceptors (Lipinski definition) is 2. The number of rotatable bonds is 4. The van der Waals surface area contributed by atoms with E-state index in [2.05, 4.69) is 4.72 Å². The van der Waals surface area contributed by atoms with Crippen LogP contribution in [0.4, 0.5) is 4.39 Å². The monoisotopic (exact) mass is 313 g/mol. The van der Waals surface area contributed by atoms with Crippen LogP contribution in [0.5, 0.6) is 0 Å². The summed E-state index contributed by atoms with van der Waals surface area (Å²) < 4.78 is 39.7. The molecular formula is C14H13ClFNO2S. The lowest BCUT2D eigenvalue weighted by Gasteiger charge is -2.09. The van der Waals surface area contributed by atoms with Crippen LogP contribution in [-0.4, -0.2) is 8.42 Å². The third-order valence-corrected chi connectivity index (χ3v) is 4.60. The molecule has 1 N–H and O–H groups in total. The van der Waals surface area contributed by atoms with Crippen molar-refractivity contribution in [1.29, 1.82) is 0 Å². The van der Waals surface area contributed by atoms with Crippen LogP contribution in [0.3, 0.4) is 0 Å². The summed E-state index contributed by atoms with van der Waals surface area (Å²) in [5.41, 5.74) is 1.87. The first-order valence-corrected chi connectivity index (χ1v) is 7.75. The molecule has 6 heteroatoms. The minimum atomic E-state index is -3.72. The first-order valence-electron chi connectivity index (χ1n) is 5.89. The molecule has 2 rings (SSSR count). The van der Waals surface area contributed by atoms with Crippen molar-refractivity contribution in [3.63, 3.8) is 0 Å². The van der Waals surface area contributed by atoms with E-state index in [1.54, 1.807) is 0 Å². The first kappa shape index (κ1) is 15.0. The van der Waals surface area contributed by atoms with E-state index in [4.69, 9.17) is 11.6 Å². The Balaban J connectivity index is 2.19. The van der Waals surface area contributed by atoms with E-state index in [-0.39, 0.29) is 16.5 Å². The minimum Gasteiger partial charge on any atom is -0.207 e. The standard InChI is InChI=1S/C14H13ClFNO2S/c1-10-4-2-3-5-11(10)9-17-20(18,19)12-6-7-14(16)13(15)8-12/h2-8,17H,9H2,1H3. The molecule has 0 amide bonds. The van der Waals surface area contributed by atoms with Crippen molar-refractivity contribution in [2.45, 2.75) is 18.4 Å². The molecule has 0 saturated heterocycles. The van der Waals surface area contributed by atoms with Gasteiger partial charge < -0.3 is 0 Å². The van der Waals surface area contributed by atoms with Crippen molar-refractivity contribution in [3.8, 4) is 0 Å². The average Bonchev–Trinajstić information content (AvgIpc) is 2.41. The van der Waals surface area contributed by atoms with Gasteiger partial charge >= 0.3 is 0 Å². The number of hydrogen-bond donors (Lipinski definition) is 1. The van der Waals surface area contributed by atoms with E-state index in [0.29, 0.717) is 0 Å². The van der Waals surface area contributed by atoms with Crippen molar-refractivity contribution >= 4 is 21.6 Å². The van der Waals surface area contributed by atoms with Crippen LogP contribution in [0.25, 0.3) is 0 Å². The number of halogens is 2. The Morgan fingerprint density at radius 1 is 1.20 bits per heavy atom. The van der Waals surface area contributed by atoms with Gasteiger partial charge in [-0.05, 0) is 36.2 Å². The Kier molecular flexibility index (Phi) is 4.42. The lowest BCUT2D eigenvalue weighted by Crippen LogP contribution is -2.23. The molecule has 0 saturated carbocycles. The van der Waals surface area contributed by atoms with Crippen LogP contribution in [-0.2, 0) is 16.6 Å². The second-order valence-electron chi connectivity index (χ2n) is 4.33. The van der Waals surface area contributed by atoms with Gasteiger partial charge in [0.25, 0.3) is 0 Å². The molecular weight excluding hydrogens is 301 g/mol. The van der Waals surface area contributed by atoms with E-state index >= 15 is 0 Å². The van der Waals surface area contributed by atoms with Crippen LogP contribution in [0.15, 0.2) is 47.4 Å². The maximum atomic E-state index is 13.0. The molecule has 2 aromatic carbocycles. The quantitative estimate of drug-likeness (QED) is 0.941. The Morgan fingerprint density at radius 2 is 1.90 bits per heavy atom. The molecule has 0 spiro atoms. The second-order valence-corrected chi connectivity index (χ2v) is 6.50. The number of sulfonamides is 1. The van der Waals surface area contributed by atoms with Gasteiger partial charge in [0.2, 0.25) is 10.0 Å². The molecule has 0 aromatic heterocycles. The van der Waals surface area contributed by atoms with Crippen molar-refractivity contribution < 1.29 is 12.8 Å². The Labute approximate surface area is 122 Å². The van der Waals surface area contributed by atoms with Crippen molar-refractivity contribution in [2.75, 3.05) is 0 Å². The highest BCUT2D eigenvalue weighted by Gasteiger charge is 2.15. The Morgan fingerprint density at radius 3 is 2.55 bits per heavy atom. The van der Waals surface area contributed by atoms with E-state index in [1.807, 2.05) is 31.2 Å². The highest BCUT2D eigenvalue weighted by molar-refractivity contribution is 7.89. The maximum Gasteiger partial charge on any atom is 0.240 e. The summed E-state index contributed by atoms with van der Waals surface area (Å²) in [4.78, 5) is -0.0579. The summed E-state index contributed by atoms with van der Waals surface area (Å²) in [6.07, 6.45) is 0. The SMILES string of the molecule is Cc1ccccc1CNS(=O)(=O)c1ccc(F)c(Cl)c1. The van der Waals surface area contributed by atoms with Gasteiger partial charge in [0.05, 0.1) is 9.92 Å². The predicted octanol–water partition coefficient (Wildman–Crippen LogP) is 3.27. The van der Waals surface area contributed by atoms with Gasteiger partial charge in [0.1, 0.15) is 5.82 Å². The summed E-state index contributed by atoms with van der Waals surface area (Å²) >= 11 is 5.60. The number of aryl methyl sites for hydroxylation is 1. The molecule has 0 unspecified atom stereocenters. The lowest BCUT2D eigenvalue weighted by atomic mass is 10.1. The van der Waals surface area contributed by atoms with E-state index in [1.165, 1.54) is 6.07 Å². The molecule has 0 aliphatic carbocycles. The highest BCUT2D eigenvalue weighted by Crippen LogP contribution is 2.19. The van der Waals surface area contributed by atoms with Gasteiger partial charge in [-0.3, -0.25) is 0 Å². The smallest absolute Gasteiger partial charge is 0.207 e. The third kappa shape index (κ3) is 3.36. The molecule has 0 radical (unpaired) electrons. The number of benzene rings is 2. The van der Waals surface area contributed by atoms with Gasteiger partial charge in [0.15, 0.2) is 0 Å². The van der Waals surface area contributed by atoms with Gasteiger partial charge in [-0.25, -0.2) is 17.5 Å². The normalized spacial score (nSPS) is 11.6. The van der Waals surface area contributed by atoms with Gasteiger partial charge in [-0.1, -0.05) is 35.9 Å². The van der Waals surface area contributed by atoms with Crippen LogP contribution in [0, 0.1) is 12.7 Å². The van der Waals surface area contributed by atoms with E-state index in [9.17, 15) is 12.8 Å². The van der Waals surface area contributed by atoms with Crippen LogP contribution >= 0.6 is 11.6 Å². The van der Waals surface area contributed by atoms with E-state index < -0.39 is 15.8 Å². The minimum absolute atomic E-state index is 0.0579. The van der Waals surface area contributed by atoms with Crippen molar-refractivity contribution in [2.24, 2.45) is 0 Å². The van der Waals surface area contributed by atoms with Crippen LogP contribution in [0.1, 0.15) is 11.1 Å². The fourth-order valence-electron chi connectivity index (χ4n) is 1.71. The summed E-state index contributed by atoms with van der Waals surface area (Å²) in [6.45, 7) is 2.07. The molecule has 0 aliphatic heterocycles. The average molecular weight is 314 g/mol. The molecule has 106 valence electrons.